The molecule has 3 heterocycles. The van der Waals surface area contributed by atoms with Crippen LogP contribution in [0.4, 0.5) is 0 Å². The zero-order valence-electron chi connectivity index (χ0n) is 22.7. The van der Waals surface area contributed by atoms with Crippen molar-refractivity contribution in [1.29, 1.82) is 0 Å². The van der Waals surface area contributed by atoms with Gasteiger partial charge in [-0.3, -0.25) is 9.59 Å². The van der Waals surface area contributed by atoms with Gasteiger partial charge in [-0.15, -0.1) is 0 Å². The molecule has 2 aliphatic rings. The van der Waals surface area contributed by atoms with Crippen molar-refractivity contribution in [1.82, 2.24) is 14.8 Å². The van der Waals surface area contributed by atoms with Gasteiger partial charge >= 0.3 is 0 Å². The maximum Gasteiger partial charge on any atom is 0.255 e. The predicted octanol–water partition coefficient (Wildman–Crippen LogP) is 5.20. The van der Waals surface area contributed by atoms with E-state index in [0.717, 1.165) is 33.3 Å². The average Bonchev–Trinajstić information content (AvgIpc) is 3.33. The lowest BCUT2D eigenvalue weighted by Gasteiger charge is -2.51. The lowest BCUT2D eigenvalue weighted by atomic mass is 9.76. The van der Waals surface area contributed by atoms with E-state index in [4.69, 9.17) is 9.47 Å². The third kappa shape index (κ3) is 4.04. The number of nitrogens with zero attached hydrogens (tertiary/aromatic N) is 2. The second-order valence-corrected chi connectivity index (χ2v) is 10.8. The van der Waals surface area contributed by atoms with Crippen molar-refractivity contribution < 1.29 is 19.1 Å². The van der Waals surface area contributed by atoms with E-state index in [0.29, 0.717) is 24.6 Å². The molecule has 200 valence electrons. The molecule has 1 N–H and O–H groups in total. The number of fused-ring (bicyclic) bond motifs is 5. The van der Waals surface area contributed by atoms with Gasteiger partial charge in [0.1, 0.15) is 6.54 Å². The number of ether oxygens (including phenoxy) is 2. The van der Waals surface area contributed by atoms with Crippen LogP contribution in [-0.4, -0.2) is 52.9 Å². The van der Waals surface area contributed by atoms with Crippen LogP contribution < -0.4 is 9.47 Å². The molecule has 3 aromatic carbocycles. The largest absolute Gasteiger partial charge is 0.493 e. The van der Waals surface area contributed by atoms with Crippen LogP contribution in [0.5, 0.6) is 11.5 Å². The van der Waals surface area contributed by atoms with E-state index in [1.54, 1.807) is 16.9 Å². The van der Waals surface area contributed by atoms with E-state index in [2.05, 4.69) is 11.1 Å². The second kappa shape index (κ2) is 9.49. The van der Waals surface area contributed by atoms with Crippen LogP contribution in [0.15, 0.2) is 72.8 Å². The molecule has 0 radical (unpaired) electrons. The average molecular weight is 524 g/mol. The molecule has 1 unspecified atom stereocenters. The fourth-order valence-electron chi connectivity index (χ4n) is 6.16. The standard InChI is InChI=1S/C32H33N3O4/c1-20(2)39-26-15-14-22(16-27(26)38-4)24-18-35-28(36)19-34(17-21-10-6-5-7-11-21)31(37)32(35,3)30-29(24)23-12-8-9-13-25(23)33-30/h5-16,20,24,33H,17-19H2,1-4H3/t24?,32-/m0/s1. The normalized spacial score (nSPS) is 20.8. The van der Waals surface area contributed by atoms with Crippen molar-refractivity contribution in [2.45, 2.75) is 44.9 Å². The summed E-state index contributed by atoms with van der Waals surface area (Å²) >= 11 is 0. The van der Waals surface area contributed by atoms with Gasteiger partial charge in [-0.1, -0.05) is 54.6 Å². The lowest BCUT2D eigenvalue weighted by molar-refractivity contribution is -0.166. The van der Waals surface area contributed by atoms with Crippen LogP contribution in [0.2, 0.25) is 0 Å². The fourth-order valence-corrected chi connectivity index (χ4v) is 6.16. The molecule has 1 saturated heterocycles. The van der Waals surface area contributed by atoms with Crippen LogP contribution in [-0.2, 0) is 21.7 Å². The number of hydrogen-bond acceptors (Lipinski definition) is 4. The van der Waals surface area contributed by atoms with Crippen molar-refractivity contribution in [2.75, 3.05) is 20.2 Å². The number of aromatic amines is 1. The molecule has 4 aromatic rings. The quantitative estimate of drug-likeness (QED) is 0.377. The number of para-hydroxylation sites is 1. The number of carbonyl (C=O) groups is 2. The van der Waals surface area contributed by atoms with Crippen LogP contribution >= 0.6 is 0 Å². The van der Waals surface area contributed by atoms with E-state index in [9.17, 15) is 9.59 Å². The summed E-state index contributed by atoms with van der Waals surface area (Å²) in [7, 11) is 1.63. The Balaban J connectivity index is 1.48. The molecule has 1 aromatic heterocycles. The summed E-state index contributed by atoms with van der Waals surface area (Å²) in [5.74, 6) is 1.04. The van der Waals surface area contributed by atoms with Crippen molar-refractivity contribution in [3.63, 3.8) is 0 Å². The maximum absolute atomic E-state index is 14.2. The van der Waals surface area contributed by atoms with E-state index >= 15 is 0 Å². The van der Waals surface area contributed by atoms with E-state index in [1.807, 2.05) is 87.5 Å². The minimum atomic E-state index is -1.14. The van der Waals surface area contributed by atoms with Crippen LogP contribution in [0.1, 0.15) is 49.1 Å². The lowest BCUT2D eigenvalue weighted by Crippen LogP contribution is -2.67. The fraction of sp³-hybridized carbons (Fsp3) is 0.312. The highest BCUT2D eigenvalue weighted by Crippen LogP contribution is 2.49. The second-order valence-electron chi connectivity index (χ2n) is 10.8. The Morgan fingerprint density at radius 2 is 1.74 bits per heavy atom. The molecule has 7 nitrogen and oxygen atoms in total. The molecular formula is C32H33N3O4. The van der Waals surface area contributed by atoms with Crippen molar-refractivity contribution in [2.24, 2.45) is 0 Å². The first-order chi connectivity index (χ1) is 18.8. The van der Waals surface area contributed by atoms with Gasteiger partial charge < -0.3 is 24.3 Å². The highest BCUT2D eigenvalue weighted by atomic mass is 16.5. The number of rotatable bonds is 6. The first kappa shape index (κ1) is 25.0. The van der Waals surface area contributed by atoms with Gasteiger partial charge in [0.2, 0.25) is 5.91 Å². The number of carbonyl (C=O) groups excluding carboxylic acids is 2. The summed E-state index contributed by atoms with van der Waals surface area (Å²) < 4.78 is 11.6. The number of piperazine rings is 1. The maximum atomic E-state index is 14.2. The van der Waals surface area contributed by atoms with Crippen LogP contribution in [0, 0.1) is 0 Å². The van der Waals surface area contributed by atoms with Gasteiger partial charge in [0.05, 0.1) is 18.9 Å². The first-order valence-electron chi connectivity index (χ1n) is 13.4. The van der Waals surface area contributed by atoms with Gasteiger partial charge in [0, 0.05) is 29.9 Å². The molecule has 0 spiro atoms. The smallest absolute Gasteiger partial charge is 0.255 e. The van der Waals surface area contributed by atoms with E-state index < -0.39 is 5.54 Å². The number of nitrogens with one attached hydrogen (secondary N) is 1. The van der Waals surface area contributed by atoms with Gasteiger partial charge in [-0.2, -0.15) is 0 Å². The summed E-state index contributed by atoms with van der Waals surface area (Å²) in [5, 5.41) is 1.06. The van der Waals surface area contributed by atoms with Crippen LogP contribution in [0.3, 0.4) is 0 Å². The molecular weight excluding hydrogens is 490 g/mol. The summed E-state index contributed by atoms with van der Waals surface area (Å²) in [4.78, 5) is 35.0. The number of H-pyrrole nitrogens is 1. The summed E-state index contributed by atoms with van der Waals surface area (Å²) in [6.45, 7) is 6.68. The highest BCUT2D eigenvalue weighted by Gasteiger charge is 2.56. The molecule has 1 fully saturated rings. The Bertz CT molecular complexity index is 1560. The Labute approximate surface area is 228 Å². The molecule has 0 saturated carbocycles. The predicted molar refractivity (Wildman–Crippen MR) is 150 cm³/mol. The molecule has 7 heteroatoms. The van der Waals surface area contributed by atoms with Crippen molar-refractivity contribution in [3.05, 3.63) is 95.2 Å². The third-order valence-electron chi connectivity index (χ3n) is 7.99. The van der Waals surface area contributed by atoms with Gasteiger partial charge in [0.25, 0.3) is 5.91 Å². The third-order valence-corrected chi connectivity index (χ3v) is 7.99. The number of methoxy groups -OCH3 is 1. The summed E-state index contributed by atoms with van der Waals surface area (Å²) in [5.41, 5.74) is 3.63. The monoisotopic (exact) mass is 523 g/mol. The van der Waals surface area contributed by atoms with E-state index in [-0.39, 0.29) is 30.4 Å². The van der Waals surface area contributed by atoms with Gasteiger partial charge in [-0.05, 0) is 55.7 Å². The Morgan fingerprint density at radius 1 is 1.00 bits per heavy atom. The Morgan fingerprint density at radius 3 is 2.49 bits per heavy atom. The van der Waals surface area contributed by atoms with Gasteiger partial charge in [0.15, 0.2) is 17.0 Å². The molecule has 2 aliphatic heterocycles. The van der Waals surface area contributed by atoms with Crippen molar-refractivity contribution in [3.8, 4) is 11.5 Å². The minimum Gasteiger partial charge on any atom is -0.493 e. The molecule has 0 bridgehead atoms. The highest BCUT2D eigenvalue weighted by molar-refractivity contribution is 6.01. The SMILES string of the molecule is COc1cc(C2CN3C(=O)CN(Cc4ccccc4)C(=O)[C@]3(C)c3[nH]c4ccccc4c32)ccc1OC(C)C. The zero-order chi connectivity index (χ0) is 27.3. The molecule has 39 heavy (non-hydrogen) atoms. The zero-order valence-corrected chi connectivity index (χ0v) is 22.7. The first-order valence-corrected chi connectivity index (χ1v) is 13.4. The Hall–Kier alpha value is -4.26. The molecule has 2 amide bonds. The summed E-state index contributed by atoms with van der Waals surface area (Å²) in [6.07, 6.45) is 0.0103. The summed E-state index contributed by atoms with van der Waals surface area (Å²) in [6, 6.07) is 23.9. The molecule has 2 atom stereocenters. The topological polar surface area (TPSA) is 74.9 Å². The minimum absolute atomic E-state index is 0.0103. The number of hydrogen-bond donors (Lipinski definition) is 1. The molecule has 0 aliphatic carbocycles. The number of benzene rings is 3. The molecule has 6 rings (SSSR count). The van der Waals surface area contributed by atoms with Gasteiger partial charge in [-0.25, -0.2) is 0 Å². The van der Waals surface area contributed by atoms with E-state index in [1.165, 1.54) is 0 Å². The van der Waals surface area contributed by atoms with Crippen molar-refractivity contribution >= 4 is 22.7 Å². The number of aromatic nitrogens is 1. The Kier molecular flexibility index (Phi) is 6.09. The number of amides is 2. The van der Waals surface area contributed by atoms with Crippen LogP contribution in [0.25, 0.3) is 10.9 Å².